The van der Waals surface area contributed by atoms with Crippen molar-refractivity contribution in [3.05, 3.63) is 53.5 Å². The minimum atomic E-state index is 0. The molecule has 2 heterocycles. The van der Waals surface area contributed by atoms with E-state index >= 15 is 0 Å². The van der Waals surface area contributed by atoms with Gasteiger partial charge in [-0.2, -0.15) is 0 Å². The molecule has 170 valence electrons. The van der Waals surface area contributed by atoms with Crippen molar-refractivity contribution in [2.45, 2.75) is 39.2 Å². The number of hydrogen-bond acceptors (Lipinski definition) is 4. The van der Waals surface area contributed by atoms with Crippen LogP contribution in [0.4, 0.5) is 0 Å². The minimum absolute atomic E-state index is 0. The van der Waals surface area contributed by atoms with Crippen LogP contribution in [0.15, 0.2) is 46.0 Å². The fraction of sp³-hybridized carbons (Fsp3) is 0.542. The highest BCUT2D eigenvalue weighted by Crippen LogP contribution is 2.31. The number of aryl methyl sites for hydroxylation is 1. The number of furan rings is 1. The molecule has 1 aliphatic carbocycles. The van der Waals surface area contributed by atoms with Crippen LogP contribution in [0.3, 0.4) is 0 Å². The fourth-order valence-corrected chi connectivity index (χ4v) is 3.50. The second-order valence-electron chi connectivity index (χ2n) is 8.40. The van der Waals surface area contributed by atoms with E-state index in [0.29, 0.717) is 12.5 Å². The van der Waals surface area contributed by atoms with Gasteiger partial charge in [0.2, 0.25) is 0 Å². The van der Waals surface area contributed by atoms with Gasteiger partial charge >= 0.3 is 0 Å². The Morgan fingerprint density at radius 2 is 2.06 bits per heavy atom. The Balaban J connectivity index is 0.00000272. The lowest BCUT2D eigenvalue weighted by Crippen LogP contribution is -2.40. The standard InChI is InChI=1S/C24H33N3O3.HI/c1-18-4-7-21(23(13-18)30-17-19-5-6-19)15-27-24(26-14-20-9-12-28-16-20)25-10-8-22-3-2-11-29-22;/h2-4,7,11,13,19-20H,5-6,8-10,12,14-17H2,1H3,(H2,25,26,27);1H. The smallest absolute Gasteiger partial charge is 0.191 e. The second-order valence-corrected chi connectivity index (χ2v) is 8.40. The van der Waals surface area contributed by atoms with Crippen LogP contribution in [0.1, 0.15) is 36.1 Å². The second kappa shape index (κ2) is 12.3. The number of hydrogen-bond donors (Lipinski definition) is 2. The van der Waals surface area contributed by atoms with E-state index < -0.39 is 0 Å². The first kappa shape index (κ1) is 23.9. The monoisotopic (exact) mass is 539 g/mol. The highest BCUT2D eigenvalue weighted by Gasteiger charge is 2.22. The molecule has 1 aromatic heterocycles. The SMILES string of the molecule is Cc1ccc(CN=C(NCCc2ccco2)NCC2CCOC2)c(OCC2CC2)c1.I. The predicted molar refractivity (Wildman–Crippen MR) is 133 cm³/mol. The first-order chi connectivity index (χ1) is 14.8. The van der Waals surface area contributed by atoms with E-state index in [-0.39, 0.29) is 24.0 Å². The molecule has 0 spiro atoms. The zero-order chi connectivity index (χ0) is 20.6. The average Bonchev–Trinajstić information content (AvgIpc) is 3.18. The lowest BCUT2D eigenvalue weighted by atomic mass is 10.1. The Hall–Kier alpha value is -1.74. The first-order valence-corrected chi connectivity index (χ1v) is 11.1. The van der Waals surface area contributed by atoms with E-state index in [1.807, 2.05) is 12.1 Å². The summed E-state index contributed by atoms with van der Waals surface area (Å²) in [6.07, 6.45) is 6.21. The summed E-state index contributed by atoms with van der Waals surface area (Å²) in [6, 6.07) is 10.3. The number of ether oxygens (including phenoxy) is 2. The van der Waals surface area contributed by atoms with Gasteiger partial charge in [0, 0.05) is 37.6 Å². The third-order valence-corrected chi connectivity index (χ3v) is 5.63. The van der Waals surface area contributed by atoms with Crippen LogP contribution < -0.4 is 15.4 Å². The average molecular weight is 539 g/mol. The van der Waals surface area contributed by atoms with Crippen molar-refractivity contribution < 1.29 is 13.9 Å². The maximum absolute atomic E-state index is 6.11. The van der Waals surface area contributed by atoms with Crippen molar-refractivity contribution in [3.8, 4) is 5.75 Å². The summed E-state index contributed by atoms with van der Waals surface area (Å²) < 4.78 is 17.0. The molecule has 6 nitrogen and oxygen atoms in total. The zero-order valence-electron chi connectivity index (χ0n) is 18.3. The molecule has 2 aromatic rings. The van der Waals surface area contributed by atoms with Crippen molar-refractivity contribution >= 4 is 29.9 Å². The lowest BCUT2D eigenvalue weighted by Gasteiger charge is -2.16. The molecule has 4 rings (SSSR count). The highest BCUT2D eigenvalue weighted by molar-refractivity contribution is 14.0. The van der Waals surface area contributed by atoms with Crippen molar-refractivity contribution in [1.82, 2.24) is 10.6 Å². The third kappa shape index (κ3) is 8.03. The number of benzene rings is 1. The Bertz CT molecular complexity index is 815. The molecule has 0 radical (unpaired) electrons. The van der Waals surface area contributed by atoms with E-state index in [1.54, 1.807) is 6.26 Å². The molecule has 2 N–H and O–H groups in total. The Morgan fingerprint density at radius 3 is 2.81 bits per heavy atom. The van der Waals surface area contributed by atoms with Gasteiger partial charge in [-0.05, 0) is 55.9 Å². The van der Waals surface area contributed by atoms with Crippen LogP contribution in [-0.2, 0) is 17.7 Å². The largest absolute Gasteiger partial charge is 0.493 e. The number of aliphatic imine (C=N–C) groups is 1. The maximum Gasteiger partial charge on any atom is 0.191 e. The Kier molecular flexibility index (Phi) is 9.52. The van der Waals surface area contributed by atoms with Crippen molar-refractivity contribution in [2.24, 2.45) is 16.8 Å². The van der Waals surface area contributed by atoms with E-state index in [1.165, 1.54) is 18.4 Å². The molecule has 1 saturated heterocycles. The molecule has 1 aliphatic heterocycles. The molecule has 1 aromatic carbocycles. The molecule has 2 fully saturated rings. The molecule has 1 saturated carbocycles. The van der Waals surface area contributed by atoms with Crippen molar-refractivity contribution in [1.29, 1.82) is 0 Å². The maximum atomic E-state index is 6.11. The van der Waals surface area contributed by atoms with Gasteiger partial charge in [-0.15, -0.1) is 24.0 Å². The van der Waals surface area contributed by atoms with Gasteiger partial charge in [-0.3, -0.25) is 0 Å². The summed E-state index contributed by atoms with van der Waals surface area (Å²) in [4.78, 5) is 4.85. The van der Waals surface area contributed by atoms with Crippen LogP contribution in [0.25, 0.3) is 0 Å². The zero-order valence-corrected chi connectivity index (χ0v) is 20.6. The highest BCUT2D eigenvalue weighted by atomic mass is 127. The number of rotatable bonds is 10. The van der Waals surface area contributed by atoms with E-state index in [0.717, 1.165) is 74.7 Å². The van der Waals surface area contributed by atoms with Gasteiger partial charge in [0.25, 0.3) is 0 Å². The molecule has 1 atom stereocenters. The normalized spacial score (nSPS) is 18.5. The van der Waals surface area contributed by atoms with E-state index in [4.69, 9.17) is 18.9 Å². The molecule has 0 bridgehead atoms. The summed E-state index contributed by atoms with van der Waals surface area (Å²) in [6.45, 7) is 6.81. The number of nitrogens with one attached hydrogen (secondary N) is 2. The number of halogens is 1. The minimum Gasteiger partial charge on any atom is -0.493 e. The van der Waals surface area contributed by atoms with Crippen molar-refractivity contribution in [3.63, 3.8) is 0 Å². The molecule has 31 heavy (non-hydrogen) atoms. The third-order valence-electron chi connectivity index (χ3n) is 5.63. The van der Waals surface area contributed by atoms with Gasteiger partial charge in [-0.25, -0.2) is 4.99 Å². The molecule has 0 amide bonds. The summed E-state index contributed by atoms with van der Waals surface area (Å²) in [5, 5.41) is 6.93. The quantitative estimate of drug-likeness (QED) is 0.268. The Morgan fingerprint density at radius 1 is 1.16 bits per heavy atom. The molecule has 1 unspecified atom stereocenters. The van der Waals surface area contributed by atoms with Gasteiger partial charge in [0.05, 0.1) is 26.0 Å². The molecule has 7 heteroatoms. The number of nitrogens with zero attached hydrogens (tertiary/aromatic N) is 1. The molecular formula is C24H34IN3O3. The van der Waals surface area contributed by atoms with E-state index in [9.17, 15) is 0 Å². The predicted octanol–water partition coefficient (Wildman–Crippen LogP) is 4.31. The topological polar surface area (TPSA) is 68.0 Å². The summed E-state index contributed by atoms with van der Waals surface area (Å²) in [5.41, 5.74) is 2.34. The van der Waals surface area contributed by atoms with Gasteiger partial charge in [-0.1, -0.05) is 12.1 Å². The lowest BCUT2D eigenvalue weighted by molar-refractivity contribution is 0.186. The molecular weight excluding hydrogens is 505 g/mol. The Labute approximate surface area is 202 Å². The summed E-state index contributed by atoms with van der Waals surface area (Å²) in [7, 11) is 0. The van der Waals surface area contributed by atoms with Crippen LogP contribution in [0.5, 0.6) is 5.75 Å². The van der Waals surface area contributed by atoms with Gasteiger partial charge in [0.15, 0.2) is 5.96 Å². The van der Waals surface area contributed by atoms with Gasteiger partial charge < -0.3 is 24.5 Å². The van der Waals surface area contributed by atoms with Crippen LogP contribution in [-0.4, -0.2) is 38.9 Å². The summed E-state index contributed by atoms with van der Waals surface area (Å²) >= 11 is 0. The van der Waals surface area contributed by atoms with Crippen LogP contribution in [0, 0.1) is 18.8 Å². The van der Waals surface area contributed by atoms with Crippen LogP contribution in [0.2, 0.25) is 0 Å². The molecule has 2 aliphatic rings. The first-order valence-electron chi connectivity index (χ1n) is 11.1. The van der Waals surface area contributed by atoms with Crippen molar-refractivity contribution in [2.75, 3.05) is 32.9 Å². The van der Waals surface area contributed by atoms with Crippen LogP contribution >= 0.6 is 24.0 Å². The fourth-order valence-electron chi connectivity index (χ4n) is 3.50. The summed E-state index contributed by atoms with van der Waals surface area (Å²) in [5.74, 6) is 4.03. The number of guanidine groups is 1. The van der Waals surface area contributed by atoms with Gasteiger partial charge in [0.1, 0.15) is 11.5 Å². The van der Waals surface area contributed by atoms with E-state index in [2.05, 4.69) is 35.8 Å².